The molecule has 1 heterocycles. The lowest BCUT2D eigenvalue weighted by molar-refractivity contribution is 0.0720. The Morgan fingerprint density at radius 1 is 1.38 bits per heavy atom. The largest absolute Gasteiger partial charge is 0.380 e. The second-order valence-corrected chi connectivity index (χ2v) is 6.31. The molecule has 4 heteroatoms. The maximum atomic E-state index is 12.6. The summed E-state index contributed by atoms with van der Waals surface area (Å²) < 4.78 is 5.41. The van der Waals surface area contributed by atoms with Gasteiger partial charge in [0.2, 0.25) is 0 Å². The summed E-state index contributed by atoms with van der Waals surface area (Å²) in [6.07, 6.45) is 4.16. The molecule has 0 amide bonds. The molecule has 1 unspecified atom stereocenters. The Morgan fingerprint density at radius 2 is 2.14 bits per heavy atom. The van der Waals surface area contributed by atoms with Crippen LogP contribution < -0.4 is 0 Å². The quantitative estimate of drug-likeness (QED) is 0.439. The minimum Gasteiger partial charge on any atom is -0.380 e. The lowest BCUT2D eigenvalue weighted by atomic mass is 9.90. The van der Waals surface area contributed by atoms with Crippen LogP contribution in [0, 0.1) is 5.92 Å². The molecule has 1 aromatic carbocycles. The minimum atomic E-state index is 0.139. The number of hydrogen-bond acceptors (Lipinski definition) is 4. The fraction of sp³-hybridized carbons (Fsp3) is 0.588. The number of piperidine rings is 1. The highest BCUT2D eigenvalue weighted by Crippen LogP contribution is 2.22. The van der Waals surface area contributed by atoms with Crippen LogP contribution in [0.1, 0.15) is 30.1 Å². The third-order valence-electron chi connectivity index (χ3n) is 4.01. The fourth-order valence-corrected chi connectivity index (χ4v) is 3.21. The van der Waals surface area contributed by atoms with E-state index in [9.17, 15) is 4.79 Å². The van der Waals surface area contributed by atoms with Crippen LogP contribution >= 0.6 is 11.8 Å². The Kier molecular flexibility index (Phi) is 6.74. The zero-order valence-corrected chi connectivity index (χ0v) is 13.8. The van der Waals surface area contributed by atoms with E-state index in [-0.39, 0.29) is 5.92 Å². The van der Waals surface area contributed by atoms with E-state index in [1.165, 1.54) is 4.90 Å². The van der Waals surface area contributed by atoms with Gasteiger partial charge in [-0.05, 0) is 44.7 Å². The van der Waals surface area contributed by atoms with E-state index in [4.69, 9.17) is 4.74 Å². The van der Waals surface area contributed by atoms with Crippen LogP contribution in [0.4, 0.5) is 0 Å². The monoisotopic (exact) mass is 307 g/mol. The van der Waals surface area contributed by atoms with Crippen molar-refractivity contribution in [3.05, 3.63) is 29.8 Å². The second kappa shape index (κ2) is 8.57. The molecule has 1 atom stereocenters. The first-order valence-electron chi connectivity index (χ1n) is 7.73. The molecule has 1 fully saturated rings. The maximum Gasteiger partial charge on any atom is 0.167 e. The first-order chi connectivity index (χ1) is 10.2. The molecule has 3 nitrogen and oxygen atoms in total. The lowest BCUT2D eigenvalue weighted by Gasteiger charge is -2.31. The van der Waals surface area contributed by atoms with Crippen LogP contribution in [0.2, 0.25) is 0 Å². The predicted octanol–water partition coefficient (Wildman–Crippen LogP) is 3.34. The standard InChI is InChI=1S/C17H25NO2S/c1-3-20-12-11-18-10-4-5-15(13-18)17(19)14-6-8-16(21-2)9-7-14/h6-9,15H,3-5,10-13H2,1-2H3. The Labute approximate surface area is 132 Å². The highest BCUT2D eigenvalue weighted by Gasteiger charge is 2.26. The highest BCUT2D eigenvalue weighted by molar-refractivity contribution is 7.98. The average Bonchev–Trinajstić information content (AvgIpc) is 2.55. The van der Waals surface area contributed by atoms with E-state index in [2.05, 4.69) is 4.90 Å². The number of likely N-dealkylation sites (tertiary alicyclic amines) is 1. The molecule has 0 spiro atoms. The molecule has 2 rings (SSSR count). The number of carbonyl (C=O) groups is 1. The number of hydrogen-bond donors (Lipinski definition) is 0. The van der Waals surface area contributed by atoms with Crippen LogP contribution in [-0.4, -0.2) is 49.8 Å². The Hall–Kier alpha value is -0.840. The summed E-state index contributed by atoms with van der Waals surface area (Å²) in [5, 5.41) is 0. The molecule has 0 bridgehead atoms. The zero-order chi connectivity index (χ0) is 15.1. The van der Waals surface area contributed by atoms with Gasteiger partial charge >= 0.3 is 0 Å². The number of rotatable bonds is 7. The van der Waals surface area contributed by atoms with Crippen LogP contribution in [0.3, 0.4) is 0 Å². The number of nitrogens with zero attached hydrogens (tertiary/aromatic N) is 1. The minimum absolute atomic E-state index is 0.139. The van der Waals surface area contributed by atoms with Crippen LogP contribution in [0.5, 0.6) is 0 Å². The van der Waals surface area contributed by atoms with Gasteiger partial charge in [-0.2, -0.15) is 0 Å². The van der Waals surface area contributed by atoms with Gasteiger partial charge in [0, 0.05) is 36.1 Å². The van der Waals surface area contributed by atoms with Crippen LogP contribution in [0.25, 0.3) is 0 Å². The summed E-state index contributed by atoms with van der Waals surface area (Å²) in [4.78, 5) is 16.2. The molecule has 1 aliphatic rings. The summed E-state index contributed by atoms with van der Waals surface area (Å²) in [6.45, 7) is 6.43. The molecule has 1 aromatic rings. The Bertz CT molecular complexity index is 447. The van der Waals surface area contributed by atoms with Gasteiger partial charge in [-0.1, -0.05) is 12.1 Å². The third kappa shape index (κ3) is 4.83. The molecule has 116 valence electrons. The topological polar surface area (TPSA) is 29.5 Å². The molecule has 0 saturated carbocycles. The Morgan fingerprint density at radius 3 is 2.81 bits per heavy atom. The van der Waals surface area contributed by atoms with E-state index >= 15 is 0 Å². The Balaban J connectivity index is 1.91. The van der Waals surface area contributed by atoms with Crippen molar-refractivity contribution in [3.63, 3.8) is 0 Å². The first kappa shape index (κ1) is 16.5. The van der Waals surface area contributed by atoms with Crippen molar-refractivity contribution in [2.24, 2.45) is 5.92 Å². The van der Waals surface area contributed by atoms with Gasteiger partial charge in [-0.15, -0.1) is 11.8 Å². The normalized spacial score (nSPS) is 19.6. The van der Waals surface area contributed by atoms with Crippen molar-refractivity contribution in [2.75, 3.05) is 39.1 Å². The van der Waals surface area contributed by atoms with Crippen molar-refractivity contribution in [3.8, 4) is 0 Å². The predicted molar refractivity (Wildman–Crippen MR) is 88.2 cm³/mol. The number of ether oxygens (including phenoxy) is 1. The van der Waals surface area contributed by atoms with Gasteiger partial charge in [0.1, 0.15) is 0 Å². The smallest absolute Gasteiger partial charge is 0.167 e. The lowest BCUT2D eigenvalue weighted by Crippen LogP contribution is -2.40. The van der Waals surface area contributed by atoms with Gasteiger partial charge in [-0.25, -0.2) is 0 Å². The van der Waals surface area contributed by atoms with E-state index in [1.807, 2.05) is 37.4 Å². The maximum absolute atomic E-state index is 12.6. The molecular formula is C17H25NO2S. The van der Waals surface area contributed by atoms with E-state index < -0.39 is 0 Å². The SMILES string of the molecule is CCOCCN1CCCC(C(=O)c2ccc(SC)cc2)C1. The van der Waals surface area contributed by atoms with Crippen LogP contribution in [-0.2, 0) is 4.74 Å². The van der Waals surface area contributed by atoms with Gasteiger partial charge < -0.3 is 9.64 Å². The number of carbonyl (C=O) groups excluding carboxylic acids is 1. The molecule has 0 aromatic heterocycles. The number of Topliss-reactive ketones (excluding diaryl/α,β-unsaturated/α-hetero) is 1. The number of ketones is 1. The van der Waals surface area contributed by atoms with Crippen molar-refractivity contribution in [1.82, 2.24) is 4.90 Å². The molecule has 1 aliphatic heterocycles. The summed E-state index contributed by atoms with van der Waals surface area (Å²) in [6, 6.07) is 8.00. The van der Waals surface area contributed by atoms with Gasteiger partial charge in [-0.3, -0.25) is 4.79 Å². The highest BCUT2D eigenvalue weighted by atomic mass is 32.2. The van der Waals surface area contributed by atoms with E-state index in [0.717, 1.165) is 51.3 Å². The summed E-state index contributed by atoms with van der Waals surface area (Å²) >= 11 is 1.70. The number of thioether (sulfide) groups is 1. The van der Waals surface area contributed by atoms with E-state index in [1.54, 1.807) is 11.8 Å². The fourth-order valence-electron chi connectivity index (χ4n) is 2.80. The third-order valence-corrected chi connectivity index (χ3v) is 4.75. The van der Waals surface area contributed by atoms with Crippen molar-refractivity contribution >= 4 is 17.5 Å². The molecule has 0 radical (unpaired) electrons. The van der Waals surface area contributed by atoms with Crippen molar-refractivity contribution in [2.45, 2.75) is 24.7 Å². The van der Waals surface area contributed by atoms with Gasteiger partial charge in [0.15, 0.2) is 5.78 Å². The number of benzene rings is 1. The molecule has 0 aliphatic carbocycles. The first-order valence-corrected chi connectivity index (χ1v) is 8.95. The van der Waals surface area contributed by atoms with Gasteiger partial charge in [0.25, 0.3) is 0 Å². The van der Waals surface area contributed by atoms with Gasteiger partial charge in [0.05, 0.1) is 6.61 Å². The summed E-state index contributed by atoms with van der Waals surface area (Å²) in [5.74, 6) is 0.435. The second-order valence-electron chi connectivity index (χ2n) is 5.43. The van der Waals surface area contributed by atoms with Crippen molar-refractivity contribution < 1.29 is 9.53 Å². The average molecular weight is 307 g/mol. The van der Waals surface area contributed by atoms with Crippen LogP contribution in [0.15, 0.2) is 29.2 Å². The van der Waals surface area contributed by atoms with E-state index in [0.29, 0.717) is 5.78 Å². The molecule has 1 saturated heterocycles. The molecule has 21 heavy (non-hydrogen) atoms. The summed E-state index contributed by atoms with van der Waals surface area (Å²) in [5.41, 5.74) is 0.851. The molecular weight excluding hydrogens is 282 g/mol. The summed E-state index contributed by atoms with van der Waals surface area (Å²) in [7, 11) is 0. The zero-order valence-electron chi connectivity index (χ0n) is 13.0. The van der Waals surface area contributed by atoms with Crippen molar-refractivity contribution in [1.29, 1.82) is 0 Å². The molecule has 0 N–H and O–H groups in total.